The van der Waals surface area contributed by atoms with Gasteiger partial charge in [0.15, 0.2) is 11.7 Å². The van der Waals surface area contributed by atoms with Gasteiger partial charge in [-0.15, -0.1) is 0 Å². The maximum Gasteiger partial charge on any atom is 0.194 e. The van der Waals surface area contributed by atoms with E-state index in [1.807, 2.05) is 0 Å². The Morgan fingerprint density at radius 1 is 1.57 bits per heavy atom. The van der Waals surface area contributed by atoms with Crippen LogP contribution in [0.4, 0.5) is 0 Å². The van der Waals surface area contributed by atoms with Crippen molar-refractivity contribution >= 4 is 5.78 Å². The standard InChI is InChI=1S/C10H17NO3/c1-3-4-5-7-9(13)8(6(2)12)10(14)11-7/h7,9,11,13-14H,3-5H2,1-2H3. The molecule has 0 radical (unpaired) electrons. The average molecular weight is 199 g/mol. The summed E-state index contributed by atoms with van der Waals surface area (Å²) in [5.41, 5.74) is 0.117. The third kappa shape index (κ3) is 2.07. The minimum atomic E-state index is -0.862. The lowest BCUT2D eigenvalue weighted by Crippen LogP contribution is -2.33. The number of nitrogens with one attached hydrogen (secondary N) is 1. The fourth-order valence-corrected chi connectivity index (χ4v) is 1.70. The van der Waals surface area contributed by atoms with Crippen molar-refractivity contribution < 1.29 is 15.0 Å². The van der Waals surface area contributed by atoms with Crippen LogP contribution in [-0.2, 0) is 4.79 Å². The SMILES string of the molecule is CCCCC1NC(O)=C(C(C)=O)C1O. The number of carbonyl (C=O) groups excluding carboxylic acids is 1. The lowest BCUT2D eigenvalue weighted by molar-refractivity contribution is -0.114. The normalized spacial score (nSPS) is 26.5. The van der Waals surface area contributed by atoms with Gasteiger partial charge in [-0.3, -0.25) is 4.79 Å². The Morgan fingerprint density at radius 3 is 2.64 bits per heavy atom. The summed E-state index contributed by atoms with van der Waals surface area (Å²) in [6, 6.07) is -0.214. The first kappa shape index (κ1) is 11.0. The van der Waals surface area contributed by atoms with E-state index < -0.39 is 6.10 Å². The van der Waals surface area contributed by atoms with E-state index >= 15 is 0 Å². The number of aliphatic hydroxyl groups is 2. The summed E-state index contributed by atoms with van der Waals surface area (Å²) >= 11 is 0. The Morgan fingerprint density at radius 2 is 2.21 bits per heavy atom. The number of aliphatic hydroxyl groups excluding tert-OH is 2. The predicted molar refractivity (Wildman–Crippen MR) is 52.8 cm³/mol. The Balaban J connectivity index is 2.63. The van der Waals surface area contributed by atoms with Crippen LogP contribution in [0.5, 0.6) is 0 Å². The van der Waals surface area contributed by atoms with Gasteiger partial charge in [0.05, 0.1) is 11.6 Å². The van der Waals surface area contributed by atoms with E-state index in [0.717, 1.165) is 19.3 Å². The van der Waals surface area contributed by atoms with Crippen LogP contribution in [0.1, 0.15) is 33.1 Å². The molecule has 4 heteroatoms. The van der Waals surface area contributed by atoms with Gasteiger partial charge in [0.1, 0.15) is 6.10 Å². The molecule has 1 aliphatic rings. The monoisotopic (exact) mass is 199 g/mol. The van der Waals surface area contributed by atoms with Crippen molar-refractivity contribution in [1.82, 2.24) is 5.32 Å². The molecule has 2 atom stereocenters. The van der Waals surface area contributed by atoms with Crippen LogP contribution in [0.25, 0.3) is 0 Å². The van der Waals surface area contributed by atoms with Crippen LogP contribution >= 0.6 is 0 Å². The highest BCUT2D eigenvalue weighted by atomic mass is 16.3. The molecule has 0 saturated carbocycles. The van der Waals surface area contributed by atoms with Crippen molar-refractivity contribution in [2.24, 2.45) is 0 Å². The predicted octanol–water partition coefficient (Wildman–Crippen LogP) is 0.868. The maximum atomic E-state index is 11.1. The summed E-state index contributed by atoms with van der Waals surface area (Å²) in [6.07, 6.45) is 1.89. The zero-order chi connectivity index (χ0) is 10.7. The number of Topliss-reactive ketones (excluding diaryl/α,β-unsaturated/α-hetero) is 1. The molecule has 0 aromatic heterocycles. The Labute approximate surface area is 83.6 Å². The van der Waals surface area contributed by atoms with Gasteiger partial charge in [-0.1, -0.05) is 19.8 Å². The molecule has 0 bridgehead atoms. The van der Waals surface area contributed by atoms with Crippen molar-refractivity contribution in [3.8, 4) is 0 Å². The molecule has 1 rings (SSSR count). The molecule has 0 aromatic rings. The molecule has 1 aliphatic heterocycles. The van der Waals surface area contributed by atoms with Gasteiger partial charge in [0.2, 0.25) is 0 Å². The molecule has 4 nitrogen and oxygen atoms in total. The number of hydrogen-bond donors (Lipinski definition) is 3. The number of hydrogen-bond acceptors (Lipinski definition) is 4. The van der Waals surface area contributed by atoms with Gasteiger partial charge in [-0.05, 0) is 13.3 Å². The summed E-state index contributed by atoms with van der Waals surface area (Å²) in [5, 5.41) is 21.8. The zero-order valence-corrected chi connectivity index (χ0v) is 8.58. The fraction of sp³-hybridized carbons (Fsp3) is 0.700. The third-order valence-electron chi connectivity index (χ3n) is 2.50. The Bertz CT molecular complexity index is 260. The van der Waals surface area contributed by atoms with Gasteiger partial charge in [-0.2, -0.15) is 0 Å². The van der Waals surface area contributed by atoms with E-state index in [-0.39, 0.29) is 23.3 Å². The average Bonchev–Trinajstić information content (AvgIpc) is 2.38. The summed E-state index contributed by atoms with van der Waals surface area (Å²) in [6.45, 7) is 3.40. The topological polar surface area (TPSA) is 69.6 Å². The largest absolute Gasteiger partial charge is 0.494 e. The molecular weight excluding hydrogens is 182 g/mol. The first-order valence-corrected chi connectivity index (χ1v) is 4.96. The van der Waals surface area contributed by atoms with Crippen LogP contribution in [0.2, 0.25) is 0 Å². The number of rotatable bonds is 4. The molecular formula is C10H17NO3. The highest BCUT2D eigenvalue weighted by molar-refractivity contribution is 5.95. The summed E-state index contributed by atoms with van der Waals surface area (Å²) in [5.74, 6) is -0.437. The van der Waals surface area contributed by atoms with E-state index in [1.165, 1.54) is 6.92 Å². The van der Waals surface area contributed by atoms with Crippen molar-refractivity contribution in [2.75, 3.05) is 0 Å². The van der Waals surface area contributed by atoms with Gasteiger partial charge in [0, 0.05) is 0 Å². The molecule has 0 fully saturated rings. The van der Waals surface area contributed by atoms with Gasteiger partial charge < -0.3 is 15.5 Å². The minimum Gasteiger partial charge on any atom is -0.494 e. The Hall–Kier alpha value is -1.03. The van der Waals surface area contributed by atoms with E-state index in [9.17, 15) is 15.0 Å². The van der Waals surface area contributed by atoms with Crippen LogP contribution in [0.15, 0.2) is 11.5 Å². The lowest BCUT2D eigenvalue weighted by atomic mass is 10.00. The molecule has 0 saturated heterocycles. The number of ketones is 1. The first-order valence-electron chi connectivity index (χ1n) is 4.96. The molecule has 3 N–H and O–H groups in total. The van der Waals surface area contributed by atoms with Gasteiger partial charge in [-0.25, -0.2) is 0 Å². The van der Waals surface area contributed by atoms with Crippen molar-refractivity contribution in [3.63, 3.8) is 0 Å². The quantitative estimate of drug-likeness (QED) is 0.628. The molecule has 80 valence electrons. The van der Waals surface area contributed by atoms with E-state index in [0.29, 0.717) is 0 Å². The zero-order valence-electron chi connectivity index (χ0n) is 8.58. The number of unbranched alkanes of at least 4 members (excludes halogenated alkanes) is 1. The molecule has 1 heterocycles. The molecule has 0 spiro atoms. The van der Waals surface area contributed by atoms with Crippen LogP contribution in [0, 0.1) is 0 Å². The molecule has 14 heavy (non-hydrogen) atoms. The second kappa shape index (κ2) is 4.46. The van der Waals surface area contributed by atoms with Gasteiger partial charge >= 0.3 is 0 Å². The lowest BCUT2D eigenvalue weighted by Gasteiger charge is -2.15. The van der Waals surface area contributed by atoms with Crippen molar-refractivity contribution in [1.29, 1.82) is 0 Å². The maximum absolute atomic E-state index is 11.1. The molecule has 2 unspecified atom stereocenters. The molecule has 0 amide bonds. The van der Waals surface area contributed by atoms with E-state index in [4.69, 9.17) is 0 Å². The highest BCUT2D eigenvalue weighted by Crippen LogP contribution is 2.22. The van der Waals surface area contributed by atoms with E-state index in [1.54, 1.807) is 0 Å². The fourth-order valence-electron chi connectivity index (χ4n) is 1.70. The third-order valence-corrected chi connectivity index (χ3v) is 2.50. The van der Waals surface area contributed by atoms with E-state index in [2.05, 4.69) is 12.2 Å². The first-order chi connectivity index (χ1) is 6.57. The highest BCUT2D eigenvalue weighted by Gasteiger charge is 2.34. The van der Waals surface area contributed by atoms with Crippen molar-refractivity contribution in [2.45, 2.75) is 45.3 Å². The van der Waals surface area contributed by atoms with Gasteiger partial charge in [0.25, 0.3) is 0 Å². The second-order valence-electron chi connectivity index (χ2n) is 3.66. The molecule has 0 aromatic carbocycles. The van der Waals surface area contributed by atoms with Crippen LogP contribution in [0.3, 0.4) is 0 Å². The number of carbonyl (C=O) groups is 1. The summed E-state index contributed by atoms with van der Waals surface area (Å²) < 4.78 is 0. The van der Waals surface area contributed by atoms with Crippen molar-refractivity contribution in [3.05, 3.63) is 11.5 Å². The Kier molecular flexibility index (Phi) is 3.52. The van der Waals surface area contributed by atoms with Crippen LogP contribution in [-0.4, -0.2) is 28.1 Å². The minimum absolute atomic E-state index is 0.117. The summed E-state index contributed by atoms with van der Waals surface area (Å²) in [7, 11) is 0. The molecule has 0 aliphatic carbocycles. The summed E-state index contributed by atoms with van der Waals surface area (Å²) in [4.78, 5) is 11.1. The van der Waals surface area contributed by atoms with Crippen LogP contribution < -0.4 is 5.32 Å². The smallest absolute Gasteiger partial charge is 0.194 e. The second-order valence-corrected chi connectivity index (χ2v) is 3.66.